The first-order valence-electron chi connectivity index (χ1n) is 7.22. The van der Waals surface area contributed by atoms with E-state index in [-0.39, 0.29) is 12.5 Å². The van der Waals surface area contributed by atoms with Gasteiger partial charge in [0.2, 0.25) is 0 Å². The lowest BCUT2D eigenvalue weighted by molar-refractivity contribution is 0.0920. The molecule has 1 unspecified atom stereocenters. The summed E-state index contributed by atoms with van der Waals surface area (Å²) in [5.41, 5.74) is 0.623. The van der Waals surface area contributed by atoms with Crippen molar-refractivity contribution < 1.29 is 19.1 Å². The quantitative estimate of drug-likeness (QED) is 0.882. The number of anilines is 1. The standard InChI is InChI=1S/C16H15ClN2O4S/c1-22-13-5-4-10(7-12(13)17)19-9-11(23-16(19)21)8-18-15(20)14-3-2-6-24-14/h2-7,11H,8-9H2,1H3,(H,18,20). The zero-order valence-corrected chi connectivity index (χ0v) is 14.4. The Morgan fingerprint density at radius 1 is 1.50 bits per heavy atom. The molecule has 2 aromatic rings. The van der Waals surface area contributed by atoms with Gasteiger partial charge in [-0.2, -0.15) is 0 Å². The number of nitrogens with zero attached hydrogens (tertiary/aromatic N) is 1. The maximum absolute atomic E-state index is 12.0. The lowest BCUT2D eigenvalue weighted by Crippen LogP contribution is -2.34. The van der Waals surface area contributed by atoms with Crippen LogP contribution in [0.15, 0.2) is 35.7 Å². The zero-order valence-electron chi connectivity index (χ0n) is 12.8. The number of carbonyl (C=O) groups is 2. The van der Waals surface area contributed by atoms with Gasteiger partial charge in [-0.25, -0.2) is 4.79 Å². The monoisotopic (exact) mass is 366 g/mol. The van der Waals surface area contributed by atoms with Crippen molar-refractivity contribution in [3.8, 4) is 5.75 Å². The summed E-state index contributed by atoms with van der Waals surface area (Å²) < 4.78 is 10.4. The maximum Gasteiger partial charge on any atom is 0.414 e. The number of rotatable bonds is 5. The molecule has 0 saturated carbocycles. The first kappa shape index (κ1) is 16.6. The number of hydrogen-bond acceptors (Lipinski definition) is 5. The fourth-order valence-electron chi connectivity index (χ4n) is 2.36. The minimum Gasteiger partial charge on any atom is -0.495 e. The van der Waals surface area contributed by atoms with Crippen molar-refractivity contribution in [2.24, 2.45) is 0 Å². The average molecular weight is 367 g/mol. The smallest absolute Gasteiger partial charge is 0.414 e. The van der Waals surface area contributed by atoms with Crippen molar-refractivity contribution in [3.63, 3.8) is 0 Å². The number of benzene rings is 1. The van der Waals surface area contributed by atoms with E-state index in [1.165, 1.54) is 23.3 Å². The maximum atomic E-state index is 12.0. The van der Waals surface area contributed by atoms with Crippen LogP contribution in [-0.4, -0.2) is 38.3 Å². The summed E-state index contributed by atoms with van der Waals surface area (Å²) >= 11 is 7.45. The number of halogens is 1. The van der Waals surface area contributed by atoms with E-state index in [1.54, 1.807) is 24.3 Å². The van der Waals surface area contributed by atoms with Crippen molar-refractivity contribution in [3.05, 3.63) is 45.6 Å². The number of ether oxygens (including phenoxy) is 2. The molecule has 1 N–H and O–H groups in total. The van der Waals surface area contributed by atoms with Crippen LogP contribution in [0.2, 0.25) is 5.02 Å². The molecule has 0 aliphatic carbocycles. The molecule has 0 radical (unpaired) electrons. The molecule has 1 aromatic heterocycles. The van der Waals surface area contributed by atoms with Gasteiger partial charge in [0, 0.05) is 5.69 Å². The van der Waals surface area contributed by atoms with Crippen LogP contribution in [0.25, 0.3) is 0 Å². The molecule has 2 heterocycles. The third-order valence-corrected chi connectivity index (χ3v) is 4.72. The van der Waals surface area contributed by atoms with Crippen LogP contribution in [0.5, 0.6) is 5.75 Å². The van der Waals surface area contributed by atoms with E-state index in [2.05, 4.69) is 5.32 Å². The van der Waals surface area contributed by atoms with E-state index in [9.17, 15) is 9.59 Å². The third kappa shape index (κ3) is 3.47. The van der Waals surface area contributed by atoms with Gasteiger partial charge in [0.25, 0.3) is 5.91 Å². The summed E-state index contributed by atoms with van der Waals surface area (Å²) in [7, 11) is 1.53. The molecule has 0 bridgehead atoms. The normalized spacial score (nSPS) is 16.8. The molecule has 1 aliphatic rings. The second-order valence-corrected chi connectivity index (χ2v) is 6.48. The minimum atomic E-state index is -0.466. The Balaban J connectivity index is 1.61. The summed E-state index contributed by atoms with van der Waals surface area (Å²) in [4.78, 5) is 26.1. The number of hydrogen-bond donors (Lipinski definition) is 1. The fourth-order valence-corrected chi connectivity index (χ4v) is 3.26. The Bertz CT molecular complexity index is 751. The van der Waals surface area contributed by atoms with Crippen LogP contribution >= 0.6 is 22.9 Å². The Kier molecular flexibility index (Phi) is 4.92. The topological polar surface area (TPSA) is 67.9 Å². The Labute approximate surface area is 147 Å². The minimum absolute atomic E-state index is 0.174. The molecule has 8 heteroatoms. The molecular weight excluding hydrogens is 352 g/mol. The van der Waals surface area contributed by atoms with Gasteiger partial charge in [-0.1, -0.05) is 17.7 Å². The van der Waals surface area contributed by atoms with Gasteiger partial charge < -0.3 is 14.8 Å². The van der Waals surface area contributed by atoms with Gasteiger partial charge in [0.15, 0.2) is 0 Å². The van der Waals surface area contributed by atoms with Crippen LogP contribution in [0.1, 0.15) is 9.67 Å². The van der Waals surface area contributed by atoms with E-state index >= 15 is 0 Å². The number of carbonyl (C=O) groups excluding carboxylic acids is 2. The molecule has 2 amide bonds. The summed E-state index contributed by atoms with van der Waals surface area (Å²) in [6.45, 7) is 0.592. The molecule has 1 fully saturated rings. The second kappa shape index (κ2) is 7.11. The molecule has 1 atom stereocenters. The highest BCUT2D eigenvalue weighted by atomic mass is 35.5. The van der Waals surface area contributed by atoms with Crippen molar-refractivity contribution in [1.29, 1.82) is 0 Å². The summed E-state index contributed by atoms with van der Waals surface area (Å²) in [6, 6.07) is 8.63. The van der Waals surface area contributed by atoms with Gasteiger partial charge >= 0.3 is 6.09 Å². The predicted molar refractivity (Wildman–Crippen MR) is 92.3 cm³/mol. The SMILES string of the molecule is COc1ccc(N2CC(CNC(=O)c3cccs3)OC2=O)cc1Cl. The molecule has 1 aliphatic heterocycles. The lowest BCUT2D eigenvalue weighted by atomic mass is 10.2. The largest absolute Gasteiger partial charge is 0.495 e. The molecule has 3 rings (SSSR count). The predicted octanol–water partition coefficient (Wildman–Crippen LogP) is 3.17. The molecule has 0 spiro atoms. The summed E-state index contributed by atoms with van der Waals surface area (Å²) in [5, 5.41) is 5.02. The first-order chi connectivity index (χ1) is 11.6. The van der Waals surface area contributed by atoms with E-state index in [0.29, 0.717) is 27.9 Å². The Hall–Kier alpha value is -2.25. The van der Waals surface area contributed by atoms with E-state index in [0.717, 1.165) is 0 Å². The molecule has 1 saturated heterocycles. The number of amides is 2. The van der Waals surface area contributed by atoms with E-state index in [4.69, 9.17) is 21.1 Å². The van der Waals surface area contributed by atoms with E-state index in [1.807, 2.05) is 11.4 Å². The highest BCUT2D eigenvalue weighted by Gasteiger charge is 2.32. The van der Waals surface area contributed by atoms with Crippen LogP contribution in [0, 0.1) is 0 Å². The molecule has 1 aromatic carbocycles. The van der Waals surface area contributed by atoms with Gasteiger partial charge in [0.1, 0.15) is 11.9 Å². The average Bonchev–Trinajstić information content (AvgIpc) is 3.22. The number of methoxy groups -OCH3 is 1. The highest BCUT2D eigenvalue weighted by molar-refractivity contribution is 7.12. The van der Waals surface area contributed by atoms with Crippen LogP contribution in [-0.2, 0) is 4.74 Å². The molecule has 6 nitrogen and oxygen atoms in total. The second-order valence-electron chi connectivity index (χ2n) is 5.12. The number of thiophene rings is 1. The zero-order chi connectivity index (χ0) is 17.1. The van der Waals surface area contributed by atoms with Crippen LogP contribution in [0.3, 0.4) is 0 Å². The van der Waals surface area contributed by atoms with Gasteiger partial charge in [-0.3, -0.25) is 9.69 Å². The van der Waals surface area contributed by atoms with Crippen molar-refractivity contribution in [1.82, 2.24) is 5.32 Å². The molecular formula is C16H15ClN2O4S. The van der Waals surface area contributed by atoms with Crippen molar-refractivity contribution in [2.45, 2.75) is 6.10 Å². The Morgan fingerprint density at radius 3 is 3.00 bits per heavy atom. The fraction of sp³-hybridized carbons (Fsp3) is 0.250. The molecule has 126 valence electrons. The summed E-state index contributed by atoms with van der Waals surface area (Å²) in [5.74, 6) is 0.361. The first-order valence-corrected chi connectivity index (χ1v) is 8.47. The lowest BCUT2D eigenvalue weighted by Gasteiger charge is -2.14. The van der Waals surface area contributed by atoms with Crippen LogP contribution in [0.4, 0.5) is 10.5 Å². The van der Waals surface area contributed by atoms with E-state index < -0.39 is 12.2 Å². The van der Waals surface area contributed by atoms with Crippen molar-refractivity contribution >= 4 is 40.6 Å². The van der Waals surface area contributed by atoms with Gasteiger partial charge in [0.05, 0.1) is 30.1 Å². The van der Waals surface area contributed by atoms with Gasteiger partial charge in [-0.15, -0.1) is 11.3 Å². The third-order valence-electron chi connectivity index (χ3n) is 3.56. The number of cyclic esters (lactones) is 1. The summed E-state index contributed by atoms with van der Waals surface area (Å²) in [6.07, 6.45) is -0.881. The Morgan fingerprint density at radius 2 is 2.33 bits per heavy atom. The van der Waals surface area contributed by atoms with Crippen LogP contribution < -0.4 is 15.0 Å². The molecule has 24 heavy (non-hydrogen) atoms. The number of nitrogens with one attached hydrogen (secondary N) is 1. The van der Waals surface area contributed by atoms with Crippen molar-refractivity contribution in [2.75, 3.05) is 25.1 Å². The highest BCUT2D eigenvalue weighted by Crippen LogP contribution is 2.31. The van der Waals surface area contributed by atoms with Gasteiger partial charge in [-0.05, 0) is 29.6 Å².